The Morgan fingerprint density at radius 3 is 2.54 bits per heavy atom. The van der Waals surface area contributed by atoms with Crippen LogP contribution in [0.1, 0.15) is 50.2 Å². The summed E-state index contributed by atoms with van der Waals surface area (Å²) in [7, 11) is 0. The quantitative estimate of drug-likeness (QED) is 0.836. The largest absolute Gasteiger partial charge is 0.350 e. The molecule has 2 aromatic rings. The lowest BCUT2D eigenvalue weighted by Gasteiger charge is -2.36. The summed E-state index contributed by atoms with van der Waals surface area (Å²) in [6, 6.07) is 8.06. The van der Waals surface area contributed by atoms with Crippen molar-refractivity contribution in [2.24, 2.45) is 0 Å². The van der Waals surface area contributed by atoms with Gasteiger partial charge in [-0.15, -0.1) is 0 Å². The molecule has 2 amide bonds. The van der Waals surface area contributed by atoms with Crippen LogP contribution in [-0.2, 0) is 22.7 Å². The average Bonchev–Trinajstić information content (AvgIpc) is 3.14. The third-order valence-electron chi connectivity index (χ3n) is 5.03. The summed E-state index contributed by atoms with van der Waals surface area (Å²) >= 11 is 0. The third kappa shape index (κ3) is 4.31. The first-order chi connectivity index (χ1) is 12.6. The molecule has 1 fully saturated rings. The van der Waals surface area contributed by atoms with E-state index in [0.29, 0.717) is 25.9 Å². The average molecular weight is 354 g/mol. The predicted octanol–water partition coefficient (Wildman–Crippen LogP) is 2.39. The molecule has 138 valence electrons. The molecule has 0 unspecified atom stereocenters. The lowest BCUT2D eigenvalue weighted by atomic mass is 9.80. The Hall–Kier alpha value is -2.63. The number of nitrogens with one attached hydrogen (secondary N) is 2. The lowest BCUT2D eigenvalue weighted by Crippen LogP contribution is -2.59. The first-order valence-electron chi connectivity index (χ1n) is 9.19. The minimum atomic E-state index is -0.761. The monoisotopic (exact) mass is 354 g/mol. The summed E-state index contributed by atoms with van der Waals surface area (Å²) in [4.78, 5) is 28.6. The fraction of sp³-hybridized carbons (Fsp3) is 0.450. The minimum Gasteiger partial charge on any atom is -0.350 e. The summed E-state index contributed by atoms with van der Waals surface area (Å²) in [5.74, 6) is -0.229. The predicted molar refractivity (Wildman–Crippen MR) is 99.3 cm³/mol. The molecule has 3 rings (SSSR count). The summed E-state index contributed by atoms with van der Waals surface area (Å²) in [5, 5.41) is 5.98. The van der Waals surface area contributed by atoms with E-state index in [-0.39, 0.29) is 11.8 Å². The van der Waals surface area contributed by atoms with Crippen LogP contribution in [0.3, 0.4) is 0 Å². The van der Waals surface area contributed by atoms with E-state index in [2.05, 4.69) is 21.7 Å². The number of aromatic nitrogens is 2. The van der Waals surface area contributed by atoms with Crippen LogP contribution < -0.4 is 10.6 Å². The molecule has 1 aromatic carbocycles. The highest BCUT2D eigenvalue weighted by Crippen LogP contribution is 2.28. The number of amides is 2. The van der Waals surface area contributed by atoms with Gasteiger partial charge in [0.05, 0.1) is 6.33 Å². The van der Waals surface area contributed by atoms with Gasteiger partial charge in [-0.2, -0.15) is 0 Å². The lowest BCUT2D eigenvalue weighted by molar-refractivity contribution is -0.134. The molecule has 6 nitrogen and oxygen atoms in total. The number of benzene rings is 1. The van der Waals surface area contributed by atoms with Crippen LogP contribution in [0.4, 0.5) is 0 Å². The number of imidazole rings is 1. The Labute approximate surface area is 154 Å². The maximum atomic E-state index is 12.9. The molecular formula is C20H26N4O2. The van der Waals surface area contributed by atoms with Crippen molar-refractivity contribution in [3.63, 3.8) is 0 Å². The summed E-state index contributed by atoms with van der Waals surface area (Å²) in [6.45, 7) is 2.64. The van der Waals surface area contributed by atoms with Gasteiger partial charge >= 0.3 is 0 Å². The normalized spacial score (nSPS) is 16.0. The van der Waals surface area contributed by atoms with Crippen molar-refractivity contribution < 1.29 is 9.59 Å². The highest BCUT2D eigenvalue weighted by Gasteiger charge is 2.39. The van der Waals surface area contributed by atoms with Crippen molar-refractivity contribution in [1.29, 1.82) is 0 Å². The number of hydrogen-bond acceptors (Lipinski definition) is 3. The van der Waals surface area contributed by atoms with E-state index in [1.807, 2.05) is 29.0 Å². The van der Waals surface area contributed by atoms with Crippen molar-refractivity contribution >= 4 is 11.8 Å². The summed E-state index contributed by atoms with van der Waals surface area (Å²) < 4.78 is 2.00. The fourth-order valence-electron chi connectivity index (χ4n) is 3.71. The van der Waals surface area contributed by atoms with Crippen molar-refractivity contribution in [2.45, 2.75) is 57.7 Å². The van der Waals surface area contributed by atoms with Crippen LogP contribution in [0.2, 0.25) is 0 Å². The first kappa shape index (κ1) is 18.2. The Bertz CT molecular complexity index is 749. The van der Waals surface area contributed by atoms with E-state index in [9.17, 15) is 9.59 Å². The van der Waals surface area contributed by atoms with Gasteiger partial charge in [0.15, 0.2) is 0 Å². The van der Waals surface area contributed by atoms with Crippen LogP contribution in [0.5, 0.6) is 0 Å². The molecule has 1 aromatic heterocycles. The smallest absolute Gasteiger partial charge is 0.246 e. The number of carbonyl (C=O) groups is 2. The van der Waals surface area contributed by atoms with Crippen molar-refractivity contribution in [3.05, 3.63) is 54.1 Å². The van der Waals surface area contributed by atoms with Gasteiger partial charge < -0.3 is 15.2 Å². The van der Waals surface area contributed by atoms with Gasteiger partial charge in [0.2, 0.25) is 11.8 Å². The van der Waals surface area contributed by atoms with Gasteiger partial charge in [0, 0.05) is 32.4 Å². The molecule has 1 aliphatic rings. The molecule has 2 N–H and O–H groups in total. The SMILES string of the molecule is CC(=O)NC1(C(=O)NCc2ccccc2Cn2ccnc2)CCCCC1. The zero-order chi connectivity index (χ0) is 18.4. The third-order valence-corrected chi connectivity index (χ3v) is 5.03. The molecule has 0 bridgehead atoms. The van der Waals surface area contributed by atoms with Crippen LogP contribution >= 0.6 is 0 Å². The Balaban J connectivity index is 1.69. The van der Waals surface area contributed by atoms with Crippen LogP contribution in [0.25, 0.3) is 0 Å². The second kappa shape index (κ2) is 8.17. The Morgan fingerprint density at radius 1 is 1.15 bits per heavy atom. The zero-order valence-corrected chi connectivity index (χ0v) is 15.2. The van der Waals surface area contributed by atoms with E-state index >= 15 is 0 Å². The van der Waals surface area contributed by atoms with Gasteiger partial charge in [-0.3, -0.25) is 9.59 Å². The van der Waals surface area contributed by atoms with Crippen LogP contribution in [0.15, 0.2) is 43.0 Å². The second-order valence-corrected chi connectivity index (χ2v) is 7.01. The highest BCUT2D eigenvalue weighted by atomic mass is 16.2. The maximum Gasteiger partial charge on any atom is 0.246 e. The number of nitrogens with zero attached hydrogens (tertiary/aromatic N) is 2. The molecular weight excluding hydrogens is 328 g/mol. The van der Waals surface area contributed by atoms with E-state index in [4.69, 9.17) is 0 Å². The molecule has 0 spiro atoms. The van der Waals surface area contributed by atoms with E-state index < -0.39 is 5.54 Å². The van der Waals surface area contributed by atoms with E-state index in [1.54, 1.807) is 12.5 Å². The standard InChI is InChI=1S/C20H26N4O2/c1-16(25)23-20(9-5-2-6-10-20)19(26)22-13-17-7-3-4-8-18(17)14-24-12-11-21-15-24/h3-4,7-8,11-12,15H,2,5-6,9-10,13-14H2,1H3,(H,22,26)(H,23,25). The van der Waals surface area contributed by atoms with Gasteiger partial charge in [0.1, 0.15) is 5.54 Å². The topological polar surface area (TPSA) is 76.0 Å². The van der Waals surface area contributed by atoms with Gasteiger partial charge in [-0.05, 0) is 24.0 Å². The highest BCUT2D eigenvalue weighted by molar-refractivity contribution is 5.91. The van der Waals surface area contributed by atoms with Crippen LogP contribution in [-0.4, -0.2) is 26.9 Å². The second-order valence-electron chi connectivity index (χ2n) is 7.01. The zero-order valence-electron chi connectivity index (χ0n) is 15.2. The molecule has 6 heteroatoms. The van der Waals surface area contributed by atoms with Crippen molar-refractivity contribution in [1.82, 2.24) is 20.2 Å². The summed E-state index contributed by atoms with van der Waals surface area (Å²) in [5.41, 5.74) is 1.45. The summed E-state index contributed by atoms with van der Waals surface area (Å²) in [6.07, 6.45) is 9.90. The van der Waals surface area contributed by atoms with E-state index in [1.165, 1.54) is 6.92 Å². The molecule has 0 saturated heterocycles. The minimum absolute atomic E-state index is 0.0789. The molecule has 1 heterocycles. The van der Waals surface area contributed by atoms with Gasteiger partial charge in [-0.25, -0.2) is 4.98 Å². The van der Waals surface area contributed by atoms with Crippen LogP contribution in [0, 0.1) is 0 Å². The van der Waals surface area contributed by atoms with Gasteiger partial charge in [-0.1, -0.05) is 43.5 Å². The number of hydrogen-bond donors (Lipinski definition) is 2. The fourth-order valence-corrected chi connectivity index (χ4v) is 3.71. The Morgan fingerprint density at radius 2 is 1.88 bits per heavy atom. The first-order valence-corrected chi connectivity index (χ1v) is 9.19. The van der Waals surface area contributed by atoms with Crippen molar-refractivity contribution in [2.75, 3.05) is 0 Å². The maximum absolute atomic E-state index is 12.9. The van der Waals surface area contributed by atoms with Crippen molar-refractivity contribution in [3.8, 4) is 0 Å². The molecule has 1 aliphatic carbocycles. The molecule has 0 aliphatic heterocycles. The number of carbonyl (C=O) groups excluding carboxylic acids is 2. The molecule has 1 saturated carbocycles. The number of rotatable bonds is 6. The Kier molecular flexibility index (Phi) is 5.71. The molecule has 26 heavy (non-hydrogen) atoms. The van der Waals surface area contributed by atoms with Gasteiger partial charge in [0.25, 0.3) is 0 Å². The molecule has 0 atom stereocenters. The molecule has 0 radical (unpaired) electrons. The van der Waals surface area contributed by atoms with E-state index in [0.717, 1.165) is 30.4 Å².